The van der Waals surface area contributed by atoms with Crippen molar-refractivity contribution in [3.63, 3.8) is 0 Å². The largest absolute Gasteiger partial charge is 0.471 e. The van der Waals surface area contributed by atoms with Gasteiger partial charge in [0.15, 0.2) is 12.3 Å². The third-order valence-electron chi connectivity index (χ3n) is 5.79. The Kier molecular flexibility index (Phi) is 7.85. The Balaban J connectivity index is 1.98. The average Bonchev–Trinajstić information content (AvgIpc) is 3.13. The molecule has 3 amide bonds. The number of carbonyl (C=O) groups excluding carboxylic acids is 3. The van der Waals surface area contributed by atoms with E-state index >= 15 is 0 Å². The number of ether oxygens (including phenoxy) is 4. The topological polar surface area (TPSA) is 167 Å². The Morgan fingerprint density at radius 3 is 2.38 bits per heavy atom. The van der Waals surface area contributed by atoms with E-state index < -0.39 is 77.4 Å². The van der Waals surface area contributed by atoms with E-state index in [9.17, 15) is 37.1 Å². The molecular weight excluding hydrogens is 509 g/mol. The summed E-state index contributed by atoms with van der Waals surface area (Å²) in [6.07, 6.45) is -10.0. The molecule has 2 aliphatic rings. The molecule has 2 aliphatic heterocycles. The van der Waals surface area contributed by atoms with Crippen LogP contribution in [-0.4, -0.2) is 77.8 Å². The number of carbonyl (C=O) groups is 3. The van der Waals surface area contributed by atoms with Crippen LogP contribution in [0, 0.1) is 12.3 Å². The number of nitrogens with zero attached hydrogens (tertiary/aromatic N) is 1. The number of aromatic nitrogens is 2. The number of alkyl halides is 3. The van der Waals surface area contributed by atoms with Crippen LogP contribution in [0.25, 0.3) is 0 Å². The van der Waals surface area contributed by atoms with Gasteiger partial charge >= 0.3 is 29.8 Å². The zero-order valence-electron chi connectivity index (χ0n) is 20.5. The minimum absolute atomic E-state index is 0.134. The molecule has 2 fully saturated rings. The van der Waals surface area contributed by atoms with Crippen molar-refractivity contribution in [2.45, 2.75) is 70.6 Å². The van der Waals surface area contributed by atoms with Gasteiger partial charge in [-0.25, -0.2) is 9.59 Å². The predicted molar refractivity (Wildman–Crippen MR) is 116 cm³/mol. The number of aryl methyl sites for hydroxylation is 1. The van der Waals surface area contributed by atoms with E-state index in [1.165, 1.54) is 25.5 Å². The zero-order valence-corrected chi connectivity index (χ0v) is 20.5. The third kappa shape index (κ3) is 6.02. The molecule has 6 atom stereocenters. The van der Waals surface area contributed by atoms with E-state index in [2.05, 4.69) is 10.3 Å². The highest BCUT2D eigenvalue weighted by atomic mass is 19.4. The van der Waals surface area contributed by atoms with E-state index in [1.807, 2.05) is 0 Å². The number of nitrogens with one attached hydrogen (secondary N) is 3. The van der Waals surface area contributed by atoms with Gasteiger partial charge in [0, 0.05) is 18.9 Å². The molecule has 37 heavy (non-hydrogen) atoms. The summed E-state index contributed by atoms with van der Waals surface area (Å²) in [5.74, 6) is -3.17. The van der Waals surface area contributed by atoms with Gasteiger partial charge in [-0.15, -0.1) is 0 Å². The summed E-state index contributed by atoms with van der Waals surface area (Å²) in [5, 5.41) is 3.39. The quantitative estimate of drug-likeness (QED) is 0.444. The lowest BCUT2D eigenvalue weighted by Gasteiger charge is -2.39. The fraction of sp³-hybridized carbons (Fsp3) is 0.667. The van der Waals surface area contributed by atoms with Crippen LogP contribution in [0.3, 0.4) is 0 Å². The molecular formula is C21H27F3N4O9. The smallest absolute Gasteiger partial charge is 0.454 e. The Morgan fingerprint density at radius 1 is 1.16 bits per heavy atom. The van der Waals surface area contributed by atoms with Crippen LogP contribution in [0.5, 0.6) is 0 Å². The molecule has 0 bridgehead atoms. The first kappa shape index (κ1) is 28.3. The Labute approximate surface area is 207 Å². The monoisotopic (exact) mass is 536 g/mol. The van der Waals surface area contributed by atoms with E-state index in [-0.39, 0.29) is 12.2 Å². The minimum Gasteiger partial charge on any atom is -0.454 e. The van der Waals surface area contributed by atoms with E-state index in [0.717, 1.165) is 4.57 Å². The zero-order chi connectivity index (χ0) is 27.9. The summed E-state index contributed by atoms with van der Waals surface area (Å²) < 4.78 is 61.4. The molecule has 0 aromatic carbocycles. The summed E-state index contributed by atoms with van der Waals surface area (Å²) >= 11 is 0. The number of hydrogen-bond donors (Lipinski definition) is 3. The summed E-state index contributed by atoms with van der Waals surface area (Å²) in [7, 11) is 1.25. The molecule has 0 unspecified atom stereocenters. The van der Waals surface area contributed by atoms with Gasteiger partial charge in [0.2, 0.25) is 0 Å². The molecule has 1 aromatic rings. The van der Waals surface area contributed by atoms with Crippen molar-refractivity contribution in [3.05, 3.63) is 32.6 Å². The molecule has 206 valence electrons. The van der Waals surface area contributed by atoms with Crippen LogP contribution in [0.2, 0.25) is 0 Å². The second-order valence-corrected chi connectivity index (χ2v) is 9.61. The number of fused-ring (bicyclic) bond motifs is 1. The lowest BCUT2D eigenvalue weighted by molar-refractivity contribution is -0.175. The first-order chi connectivity index (χ1) is 17.0. The molecule has 0 aliphatic carbocycles. The molecule has 3 N–H and O–H groups in total. The summed E-state index contributed by atoms with van der Waals surface area (Å²) in [6.45, 7) is 5.97. The van der Waals surface area contributed by atoms with Gasteiger partial charge in [-0.05, 0) is 27.7 Å². The summed E-state index contributed by atoms with van der Waals surface area (Å²) in [6, 6.07) is -2.69. The van der Waals surface area contributed by atoms with Crippen molar-refractivity contribution in [3.8, 4) is 0 Å². The van der Waals surface area contributed by atoms with Crippen LogP contribution in [0.15, 0.2) is 15.8 Å². The SMILES string of the molecule is CO[C@@H]1CO[C@@H]2[C@H](O[C@@H](n3cc(C)c(=O)[nH]c3=O)[C@@H]2OC(=O)C(C)(C)C)[C@@H]1NC(=O)NC(=O)C(F)(F)F. The standard InChI is InChI=1S/C21H27F3N4O9/c1-8-6-28(19(33)26-14(8)29)15-13(37-17(31)20(2,3)4)12-11(36-15)10(9(34-5)7-35-12)25-18(32)27-16(30)21(22,23)24/h6,9-13,15H,7H2,1-5H3,(H,26,29,33)(H2,25,27,30,32)/t9-,10-,11-,12-,13-,15-/m1/s1. The van der Waals surface area contributed by atoms with Gasteiger partial charge in [-0.3, -0.25) is 29.3 Å². The number of hydrogen-bond acceptors (Lipinski definition) is 9. The van der Waals surface area contributed by atoms with Gasteiger partial charge in [-0.2, -0.15) is 13.2 Å². The fourth-order valence-electron chi connectivity index (χ4n) is 3.84. The number of H-pyrrole nitrogens is 1. The van der Waals surface area contributed by atoms with Crippen molar-refractivity contribution < 1.29 is 46.5 Å². The highest BCUT2D eigenvalue weighted by Gasteiger charge is 2.57. The van der Waals surface area contributed by atoms with Gasteiger partial charge in [0.25, 0.3) is 5.56 Å². The second-order valence-electron chi connectivity index (χ2n) is 9.61. The molecule has 16 heteroatoms. The molecule has 0 saturated carbocycles. The van der Waals surface area contributed by atoms with E-state index in [1.54, 1.807) is 20.8 Å². The Hall–Kier alpha value is -3.24. The summed E-state index contributed by atoms with van der Waals surface area (Å²) in [4.78, 5) is 62.7. The van der Waals surface area contributed by atoms with Crippen molar-refractivity contribution in [1.29, 1.82) is 0 Å². The maximum Gasteiger partial charge on any atom is 0.471 e. The number of aromatic amines is 1. The molecule has 1 aromatic heterocycles. The molecule has 13 nitrogen and oxygen atoms in total. The number of halogens is 3. The fourth-order valence-corrected chi connectivity index (χ4v) is 3.84. The third-order valence-corrected chi connectivity index (χ3v) is 5.79. The normalized spacial score (nSPS) is 27.8. The van der Waals surface area contributed by atoms with Crippen molar-refractivity contribution in [2.24, 2.45) is 5.41 Å². The minimum atomic E-state index is -5.30. The van der Waals surface area contributed by atoms with Crippen molar-refractivity contribution in [2.75, 3.05) is 13.7 Å². The molecule has 0 spiro atoms. The Morgan fingerprint density at radius 2 is 1.81 bits per heavy atom. The second kappa shape index (κ2) is 10.3. The predicted octanol–water partition coefficient (Wildman–Crippen LogP) is -0.129. The molecule has 0 radical (unpaired) electrons. The number of esters is 1. The lowest BCUT2D eigenvalue weighted by Crippen LogP contribution is -2.63. The van der Waals surface area contributed by atoms with Crippen LogP contribution < -0.4 is 21.9 Å². The highest BCUT2D eigenvalue weighted by Crippen LogP contribution is 2.39. The number of amides is 3. The highest BCUT2D eigenvalue weighted by molar-refractivity contribution is 5.97. The van der Waals surface area contributed by atoms with E-state index in [4.69, 9.17) is 18.9 Å². The number of urea groups is 1. The maximum atomic E-state index is 12.7. The average molecular weight is 536 g/mol. The Bertz CT molecular complexity index is 1170. The van der Waals surface area contributed by atoms with Gasteiger partial charge < -0.3 is 24.3 Å². The van der Waals surface area contributed by atoms with Gasteiger partial charge in [0.05, 0.1) is 18.1 Å². The maximum absolute atomic E-state index is 12.7. The lowest BCUT2D eigenvalue weighted by atomic mass is 9.94. The molecule has 2 saturated heterocycles. The molecule has 3 heterocycles. The number of imide groups is 1. The van der Waals surface area contributed by atoms with Crippen LogP contribution >= 0.6 is 0 Å². The van der Waals surface area contributed by atoms with Gasteiger partial charge in [-0.1, -0.05) is 0 Å². The first-order valence-electron chi connectivity index (χ1n) is 11.1. The summed E-state index contributed by atoms with van der Waals surface area (Å²) in [5.41, 5.74) is -2.39. The number of rotatable bonds is 4. The first-order valence-corrected chi connectivity index (χ1v) is 11.1. The van der Waals surface area contributed by atoms with Crippen molar-refractivity contribution >= 4 is 17.9 Å². The van der Waals surface area contributed by atoms with Crippen molar-refractivity contribution in [1.82, 2.24) is 20.2 Å². The number of methoxy groups -OCH3 is 1. The van der Waals surface area contributed by atoms with Crippen LogP contribution in [0.4, 0.5) is 18.0 Å². The van der Waals surface area contributed by atoms with Gasteiger partial charge in [0.1, 0.15) is 18.3 Å². The van der Waals surface area contributed by atoms with E-state index in [0.29, 0.717) is 0 Å². The van der Waals surface area contributed by atoms with Crippen LogP contribution in [0.1, 0.15) is 32.6 Å². The molecule has 3 rings (SSSR count). The van der Waals surface area contributed by atoms with Crippen LogP contribution in [-0.2, 0) is 28.5 Å².